The van der Waals surface area contributed by atoms with E-state index in [0.29, 0.717) is 24.9 Å². The van der Waals surface area contributed by atoms with Crippen LogP contribution in [-0.2, 0) is 11.3 Å². The van der Waals surface area contributed by atoms with Crippen molar-refractivity contribution in [1.82, 2.24) is 10.6 Å². The largest absolute Gasteiger partial charge is 0.391 e. The van der Waals surface area contributed by atoms with Gasteiger partial charge in [0.05, 0.1) is 11.8 Å². The minimum Gasteiger partial charge on any atom is -0.356 e. The Morgan fingerprint density at radius 2 is 1.54 bits per heavy atom. The highest BCUT2D eigenvalue weighted by molar-refractivity contribution is 5.79. The first-order chi connectivity index (χ1) is 16.3. The zero-order valence-corrected chi connectivity index (χ0v) is 19.9. The van der Waals surface area contributed by atoms with Crippen molar-refractivity contribution in [3.63, 3.8) is 0 Å². The molecule has 0 heterocycles. The molecular weight excluding hydrogens is 477 g/mol. The number of hydrogen-bond acceptors (Lipinski definition) is 2. The van der Waals surface area contributed by atoms with Gasteiger partial charge >= 0.3 is 12.4 Å². The molecule has 0 radical (unpaired) electrons. The highest BCUT2D eigenvalue weighted by Crippen LogP contribution is 2.47. The molecule has 2 aliphatic carbocycles. The van der Waals surface area contributed by atoms with Gasteiger partial charge in [-0.15, -0.1) is 0 Å². The molecule has 1 amide bonds. The van der Waals surface area contributed by atoms with Gasteiger partial charge < -0.3 is 10.6 Å². The van der Waals surface area contributed by atoms with E-state index in [1.807, 2.05) is 13.8 Å². The van der Waals surface area contributed by atoms with Crippen molar-refractivity contribution >= 4 is 5.91 Å². The fraction of sp³-hybridized carbons (Fsp3) is 0.720. The Labute approximate surface area is 201 Å². The lowest BCUT2D eigenvalue weighted by Crippen LogP contribution is -2.43. The number of halogens is 7. The maximum Gasteiger partial charge on any atom is 0.391 e. The Morgan fingerprint density at radius 3 is 2.09 bits per heavy atom. The Kier molecular flexibility index (Phi) is 8.76. The zero-order valence-electron chi connectivity index (χ0n) is 19.9. The Bertz CT molecular complexity index is 833. The second-order valence-corrected chi connectivity index (χ2v) is 10.5. The average molecular weight is 511 g/mol. The van der Waals surface area contributed by atoms with E-state index < -0.39 is 55.3 Å². The highest BCUT2D eigenvalue weighted by Gasteiger charge is 2.52. The first kappa shape index (κ1) is 27.7. The van der Waals surface area contributed by atoms with Gasteiger partial charge in [-0.05, 0) is 55.9 Å². The number of amides is 1. The highest BCUT2D eigenvalue weighted by atomic mass is 19.4. The van der Waals surface area contributed by atoms with Gasteiger partial charge in [0.1, 0.15) is 5.82 Å². The molecule has 0 bridgehead atoms. The van der Waals surface area contributed by atoms with Crippen LogP contribution in [0.25, 0.3) is 0 Å². The molecule has 198 valence electrons. The molecule has 2 saturated carbocycles. The first-order valence-electron chi connectivity index (χ1n) is 12.1. The first-order valence-corrected chi connectivity index (χ1v) is 12.1. The van der Waals surface area contributed by atoms with Crippen LogP contribution in [0.4, 0.5) is 30.7 Å². The molecule has 35 heavy (non-hydrogen) atoms. The van der Waals surface area contributed by atoms with Gasteiger partial charge in [0, 0.05) is 30.6 Å². The van der Waals surface area contributed by atoms with E-state index in [0.717, 1.165) is 0 Å². The second kappa shape index (κ2) is 11.0. The monoisotopic (exact) mass is 510 g/mol. The summed E-state index contributed by atoms with van der Waals surface area (Å²) in [5.74, 6) is -5.84. The topological polar surface area (TPSA) is 41.1 Å². The number of carbonyl (C=O) groups is 1. The van der Waals surface area contributed by atoms with E-state index in [2.05, 4.69) is 10.6 Å². The van der Waals surface area contributed by atoms with Crippen LogP contribution in [-0.4, -0.2) is 30.8 Å². The number of hydrogen-bond donors (Lipinski definition) is 2. The van der Waals surface area contributed by atoms with Crippen LogP contribution < -0.4 is 10.6 Å². The van der Waals surface area contributed by atoms with E-state index in [4.69, 9.17) is 0 Å². The summed E-state index contributed by atoms with van der Waals surface area (Å²) in [6, 6.07) is 6.34. The van der Waals surface area contributed by atoms with E-state index in [9.17, 15) is 35.5 Å². The molecular formula is C25H33F7N2O. The molecule has 0 spiro atoms. The minimum absolute atomic E-state index is 0.00493. The second-order valence-electron chi connectivity index (χ2n) is 10.5. The fourth-order valence-electron chi connectivity index (χ4n) is 5.69. The molecule has 3 unspecified atom stereocenters. The lowest BCUT2D eigenvalue weighted by atomic mass is 9.74. The summed E-state index contributed by atoms with van der Waals surface area (Å²) in [6.07, 6.45) is -10.0. The molecule has 3 rings (SSSR count). The molecule has 2 fully saturated rings. The van der Waals surface area contributed by atoms with E-state index >= 15 is 0 Å². The molecule has 2 aliphatic rings. The molecule has 0 saturated heterocycles. The number of nitrogens with one attached hydrogen (secondary N) is 2. The van der Waals surface area contributed by atoms with Gasteiger partial charge in [0.25, 0.3) is 0 Å². The summed E-state index contributed by atoms with van der Waals surface area (Å²) in [6.45, 7) is 4.06. The van der Waals surface area contributed by atoms with Gasteiger partial charge in [0.15, 0.2) is 0 Å². The maximum atomic E-state index is 13.9. The smallest absolute Gasteiger partial charge is 0.356 e. The van der Waals surface area contributed by atoms with Gasteiger partial charge in [0.2, 0.25) is 5.91 Å². The SMILES string of the molecule is CC(C)C1C[C@@H](NCc2ccccc2F)C[C@H]1C(=O)NCC1CC(C(F)(F)F)C[C@@H](C(F)(F)F)C1. The normalized spacial score (nSPS) is 30.0. The summed E-state index contributed by atoms with van der Waals surface area (Å²) in [7, 11) is 0. The van der Waals surface area contributed by atoms with Crippen molar-refractivity contribution in [3.05, 3.63) is 35.6 Å². The van der Waals surface area contributed by atoms with Crippen LogP contribution in [0.15, 0.2) is 24.3 Å². The summed E-state index contributed by atoms with van der Waals surface area (Å²) in [5, 5.41) is 5.95. The molecule has 2 N–H and O–H groups in total. The third-order valence-corrected chi connectivity index (χ3v) is 7.64. The number of rotatable bonds is 7. The van der Waals surface area contributed by atoms with Crippen LogP contribution in [0.2, 0.25) is 0 Å². The zero-order chi connectivity index (χ0) is 26.0. The van der Waals surface area contributed by atoms with Crippen LogP contribution >= 0.6 is 0 Å². The minimum atomic E-state index is -4.70. The third-order valence-electron chi connectivity index (χ3n) is 7.64. The molecule has 0 aromatic heterocycles. The van der Waals surface area contributed by atoms with E-state index in [-0.39, 0.29) is 36.1 Å². The standard InChI is InChI=1S/C25H33F7N2O/c1-14(2)20-10-19(33-13-16-5-3-4-6-22(16)26)11-21(20)23(35)34-12-15-7-17(24(27,28)29)9-18(8-15)25(30,31)32/h3-6,14-15,17-21,33H,7-13H2,1-2H3,(H,34,35)/t15?,17-,18?,19+,20?,21+/m0/s1. The fourth-order valence-corrected chi connectivity index (χ4v) is 5.69. The Balaban J connectivity index is 1.59. The van der Waals surface area contributed by atoms with Gasteiger partial charge in [-0.1, -0.05) is 32.0 Å². The van der Waals surface area contributed by atoms with E-state index in [1.165, 1.54) is 6.07 Å². The number of carbonyl (C=O) groups excluding carboxylic acids is 1. The predicted molar refractivity (Wildman–Crippen MR) is 118 cm³/mol. The van der Waals surface area contributed by atoms with Crippen LogP contribution in [0, 0.1) is 41.3 Å². The van der Waals surface area contributed by atoms with Crippen LogP contribution in [0.5, 0.6) is 0 Å². The van der Waals surface area contributed by atoms with Crippen molar-refractivity contribution in [3.8, 4) is 0 Å². The van der Waals surface area contributed by atoms with Crippen molar-refractivity contribution in [2.24, 2.45) is 35.5 Å². The number of benzene rings is 1. The van der Waals surface area contributed by atoms with Crippen LogP contribution in [0.3, 0.4) is 0 Å². The van der Waals surface area contributed by atoms with Crippen molar-refractivity contribution in [2.75, 3.05) is 6.54 Å². The lowest BCUT2D eigenvalue weighted by Gasteiger charge is -2.37. The van der Waals surface area contributed by atoms with Gasteiger partial charge in [-0.25, -0.2) is 4.39 Å². The van der Waals surface area contributed by atoms with Crippen molar-refractivity contribution < 1.29 is 35.5 Å². The predicted octanol–water partition coefficient (Wildman–Crippen LogP) is 6.24. The lowest BCUT2D eigenvalue weighted by molar-refractivity contribution is -0.228. The molecule has 10 heteroatoms. The maximum absolute atomic E-state index is 13.9. The Hall–Kier alpha value is -1.84. The summed E-state index contributed by atoms with van der Waals surface area (Å²) in [4.78, 5) is 13.0. The van der Waals surface area contributed by atoms with Crippen molar-refractivity contribution in [2.45, 2.75) is 70.9 Å². The van der Waals surface area contributed by atoms with E-state index in [1.54, 1.807) is 18.2 Å². The molecule has 0 aliphatic heterocycles. The number of alkyl halides is 6. The van der Waals surface area contributed by atoms with Crippen molar-refractivity contribution in [1.29, 1.82) is 0 Å². The molecule has 6 atom stereocenters. The average Bonchev–Trinajstić information content (AvgIpc) is 3.20. The van der Waals surface area contributed by atoms with Crippen LogP contribution in [0.1, 0.15) is 51.5 Å². The summed E-state index contributed by atoms with van der Waals surface area (Å²) in [5.41, 5.74) is 0.511. The summed E-state index contributed by atoms with van der Waals surface area (Å²) >= 11 is 0. The molecule has 3 nitrogen and oxygen atoms in total. The summed E-state index contributed by atoms with van der Waals surface area (Å²) < 4.78 is 93.3. The molecule has 1 aromatic rings. The van der Waals surface area contributed by atoms with Gasteiger partial charge in [-0.2, -0.15) is 26.3 Å². The third kappa shape index (κ3) is 7.33. The van der Waals surface area contributed by atoms with Gasteiger partial charge in [-0.3, -0.25) is 4.79 Å². The quantitative estimate of drug-likeness (QED) is 0.427. The Morgan fingerprint density at radius 1 is 0.943 bits per heavy atom. The molecule has 1 aromatic carbocycles.